The van der Waals surface area contributed by atoms with Crippen LogP contribution in [0.3, 0.4) is 0 Å². The molecule has 6 nitrogen and oxygen atoms in total. The molecule has 0 spiro atoms. The highest BCUT2D eigenvalue weighted by Gasteiger charge is 2.31. The number of nitrogens with one attached hydrogen (secondary N) is 2. The Hall–Kier alpha value is -4.10. The van der Waals surface area contributed by atoms with E-state index in [0.717, 1.165) is 17.3 Å². The van der Waals surface area contributed by atoms with Crippen LogP contribution in [-0.2, 0) is 17.1 Å². The lowest BCUT2D eigenvalue weighted by molar-refractivity contribution is -0.274. The number of benzene rings is 3. The minimum absolute atomic E-state index is 0.135. The van der Waals surface area contributed by atoms with Crippen molar-refractivity contribution in [3.63, 3.8) is 0 Å². The van der Waals surface area contributed by atoms with Crippen LogP contribution < -0.4 is 20.1 Å². The molecule has 0 aliphatic rings. The zero-order valence-corrected chi connectivity index (χ0v) is 20.7. The molecule has 37 heavy (non-hydrogen) atoms. The summed E-state index contributed by atoms with van der Waals surface area (Å²) in [6, 6.07) is 23.7. The summed E-state index contributed by atoms with van der Waals surface area (Å²) in [5, 5.41) is 16.0. The largest absolute Gasteiger partial charge is 0.573 e. The Bertz CT molecular complexity index is 1260. The first-order valence-corrected chi connectivity index (χ1v) is 12.2. The van der Waals surface area contributed by atoms with E-state index in [1.807, 2.05) is 43.3 Å². The highest BCUT2D eigenvalue weighted by atomic mass is 32.2. The van der Waals surface area contributed by atoms with Crippen LogP contribution in [0.2, 0.25) is 0 Å². The molecule has 3 rings (SSSR count). The van der Waals surface area contributed by atoms with Gasteiger partial charge in [-0.15, -0.1) is 24.9 Å². The second-order valence-electron chi connectivity index (χ2n) is 7.52. The zero-order chi connectivity index (χ0) is 26.7. The lowest BCUT2D eigenvalue weighted by Gasteiger charge is -2.16. The first-order valence-electron chi connectivity index (χ1n) is 11.2. The number of nitrogens with zero attached hydrogens (tertiary/aromatic N) is 1. The molecule has 0 aliphatic carbocycles. The summed E-state index contributed by atoms with van der Waals surface area (Å²) in [5.74, 6) is -0.0931. The minimum atomic E-state index is -4.78. The van der Waals surface area contributed by atoms with Gasteiger partial charge in [0.15, 0.2) is 0 Å². The molecule has 0 atom stereocenters. The molecule has 10 heteroatoms. The van der Waals surface area contributed by atoms with Crippen molar-refractivity contribution in [2.45, 2.75) is 25.6 Å². The maximum atomic E-state index is 13.0. The topological polar surface area (TPSA) is 83.4 Å². The fourth-order valence-corrected chi connectivity index (χ4v) is 4.13. The molecule has 1 amide bonds. The van der Waals surface area contributed by atoms with Gasteiger partial charge in [-0.3, -0.25) is 4.79 Å². The monoisotopic (exact) mass is 527 g/mol. The van der Waals surface area contributed by atoms with E-state index in [-0.39, 0.29) is 28.6 Å². The zero-order valence-electron chi connectivity index (χ0n) is 19.8. The van der Waals surface area contributed by atoms with Gasteiger partial charge >= 0.3 is 6.36 Å². The molecule has 2 N–H and O–H groups in total. The van der Waals surface area contributed by atoms with Gasteiger partial charge in [0.25, 0.3) is 5.91 Å². The number of carbonyl (C=O) groups excluding carboxylic acids is 1. The molecule has 0 heterocycles. The average Bonchev–Trinajstić information content (AvgIpc) is 2.88. The van der Waals surface area contributed by atoms with Gasteiger partial charge in [-0.2, -0.15) is 5.26 Å². The summed E-state index contributed by atoms with van der Waals surface area (Å²) in [6.45, 7) is 2.49. The third-order valence-corrected chi connectivity index (χ3v) is 5.91. The Balaban J connectivity index is 1.84. The molecule has 0 aliphatic heterocycles. The number of rotatable bonds is 11. The Labute approximate surface area is 217 Å². The number of hydrogen-bond donors (Lipinski definition) is 2. The maximum Gasteiger partial charge on any atom is 0.573 e. The third kappa shape index (κ3) is 8.81. The number of anilines is 1. The van der Waals surface area contributed by atoms with E-state index < -0.39 is 12.3 Å². The normalized spacial score (nSPS) is 11.6. The highest BCUT2D eigenvalue weighted by Crippen LogP contribution is 2.32. The molecule has 3 aromatic carbocycles. The van der Waals surface area contributed by atoms with Crippen molar-refractivity contribution < 1.29 is 27.4 Å². The van der Waals surface area contributed by atoms with Crippen LogP contribution in [-0.4, -0.2) is 18.9 Å². The number of carbonyl (C=O) groups is 1. The highest BCUT2D eigenvalue weighted by molar-refractivity contribution is 8.02. The van der Waals surface area contributed by atoms with Gasteiger partial charge in [-0.05, 0) is 42.3 Å². The molecular formula is C27H24F3N3O3S. The number of thioether (sulfide) groups is 1. The Morgan fingerprint density at radius 2 is 1.65 bits per heavy atom. The van der Waals surface area contributed by atoms with E-state index in [1.165, 1.54) is 24.3 Å². The smallest absolute Gasteiger partial charge is 0.492 e. The van der Waals surface area contributed by atoms with Gasteiger partial charge in [0.05, 0.1) is 17.3 Å². The standard InChI is InChI=1S/C27H24F3N3O3S/c1-2-35-24-11-7-6-10-23(24)33-26(22(16-31)25(34)32-17-19-8-4-3-5-9-19)37-18-20-12-14-21(15-13-20)36-27(28,29)30/h3-15,33H,2,17-18H2,1H3,(H,32,34)/b26-22+. The van der Waals surface area contributed by atoms with Crippen LogP contribution in [0.5, 0.6) is 11.5 Å². The van der Waals surface area contributed by atoms with Gasteiger partial charge < -0.3 is 20.1 Å². The second kappa shape index (κ2) is 13.3. The predicted octanol–water partition coefficient (Wildman–Crippen LogP) is 6.38. The van der Waals surface area contributed by atoms with Crippen molar-refractivity contribution in [3.8, 4) is 17.6 Å². The summed E-state index contributed by atoms with van der Waals surface area (Å²) in [7, 11) is 0. The molecule has 3 aromatic rings. The summed E-state index contributed by atoms with van der Waals surface area (Å²) in [6.07, 6.45) is -4.78. The number of amides is 1. The molecule has 0 saturated carbocycles. The maximum absolute atomic E-state index is 13.0. The molecule has 0 fully saturated rings. The molecule has 0 aromatic heterocycles. The van der Waals surface area contributed by atoms with Crippen molar-refractivity contribution in [3.05, 3.63) is 101 Å². The van der Waals surface area contributed by atoms with Gasteiger partial charge in [0.1, 0.15) is 23.1 Å². The minimum Gasteiger partial charge on any atom is -0.492 e. The summed E-state index contributed by atoms with van der Waals surface area (Å²) >= 11 is 1.16. The van der Waals surface area contributed by atoms with Crippen molar-refractivity contribution in [2.24, 2.45) is 0 Å². The van der Waals surface area contributed by atoms with Crippen molar-refractivity contribution in [1.82, 2.24) is 5.32 Å². The first-order chi connectivity index (χ1) is 17.8. The predicted molar refractivity (Wildman–Crippen MR) is 137 cm³/mol. The first kappa shape index (κ1) is 27.5. The molecule has 0 unspecified atom stereocenters. The number of ether oxygens (including phenoxy) is 2. The van der Waals surface area contributed by atoms with E-state index in [1.54, 1.807) is 24.3 Å². The summed E-state index contributed by atoms with van der Waals surface area (Å²) in [5.41, 5.74) is 1.96. The third-order valence-electron chi connectivity index (χ3n) is 4.84. The summed E-state index contributed by atoms with van der Waals surface area (Å²) in [4.78, 5) is 13.0. The lowest BCUT2D eigenvalue weighted by Crippen LogP contribution is -2.25. The van der Waals surface area contributed by atoms with Crippen LogP contribution in [0.1, 0.15) is 18.1 Å². The van der Waals surface area contributed by atoms with Crippen LogP contribution in [0.25, 0.3) is 0 Å². The van der Waals surface area contributed by atoms with Crippen molar-refractivity contribution in [2.75, 3.05) is 11.9 Å². The molecule has 192 valence electrons. The van der Waals surface area contributed by atoms with E-state index in [9.17, 15) is 23.2 Å². The fourth-order valence-electron chi connectivity index (χ4n) is 3.16. The van der Waals surface area contributed by atoms with Crippen LogP contribution in [0.15, 0.2) is 89.5 Å². The Morgan fingerprint density at radius 1 is 0.973 bits per heavy atom. The van der Waals surface area contributed by atoms with Crippen LogP contribution in [0.4, 0.5) is 18.9 Å². The van der Waals surface area contributed by atoms with Gasteiger partial charge in [-0.1, -0.05) is 54.6 Å². The molecule has 0 bridgehead atoms. The number of hydrogen-bond acceptors (Lipinski definition) is 6. The quantitative estimate of drug-likeness (QED) is 0.222. The van der Waals surface area contributed by atoms with Crippen LogP contribution in [0, 0.1) is 11.3 Å². The van der Waals surface area contributed by atoms with Crippen molar-refractivity contribution in [1.29, 1.82) is 5.26 Å². The van der Waals surface area contributed by atoms with E-state index >= 15 is 0 Å². The fraction of sp³-hybridized carbons (Fsp3) is 0.185. The van der Waals surface area contributed by atoms with Gasteiger partial charge in [0.2, 0.25) is 0 Å². The number of para-hydroxylation sites is 2. The van der Waals surface area contributed by atoms with E-state index in [4.69, 9.17) is 4.74 Å². The number of alkyl halides is 3. The molecular weight excluding hydrogens is 503 g/mol. The number of halogens is 3. The van der Waals surface area contributed by atoms with Gasteiger partial charge in [0, 0.05) is 12.3 Å². The Morgan fingerprint density at radius 3 is 2.30 bits per heavy atom. The lowest BCUT2D eigenvalue weighted by atomic mass is 10.2. The van der Waals surface area contributed by atoms with Gasteiger partial charge in [-0.25, -0.2) is 0 Å². The second-order valence-corrected chi connectivity index (χ2v) is 8.50. The summed E-state index contributed by atoms with van der Waals surface area (Å²) < 4.78 is 46.9. The van der Waals surface area contributed by atoms with E-state index in [0.29, 0.717) is 23.6 Å². The van der Waals surface area contributed by atoms with E-state index in [2.05, 4.69) is 15.4 Å². The molecule has 0 saturated heterocycles. The van der Waals surface area contributed by atoms with Crippen LogP contribution >= 0.6 is 11.8 Å². The number of nitriles is 1. The van der Waals surface area contributed by atoms with Crippen molar-refractivity contribution >= 4 is 23.4 Å². The Kier molecular flexibility index (Phi) is 9.86. The molecule has 0 radical (unpaired) electrons. The SMILES string of the molecule is CCOc1ccccc1N/C(SCc1ccc(OC(F)(F)F)cc1)=C(/C#N)C(=O)NCc1ccccc1. The average molecular weight is 528 g/mol.